The van der Waals surface area contributed by atoms with Crippen LogP contribution in [-0.4, -0.2) is 36.0 Å². The molecule has 0 aromatic carbocycles. The van der Waals surface area contributed by atoms with Crippen LogP contribution in [0.4, 0.5) is 0 Å². The predicted molar refractivity (Wildman–Crippen MR) is 75.0 cm³/mol. The number of carbonyl (C=O) groups is 1. The van der Waals surface area contributed by atoms with Crippen molar-refractivity contribution >= 4 is 18.3 Å². The Hall–Kier alpha value is -0.280. The molecule has 3 nitrogen and oxygen atoms in total. The lowest BCUT2D eigenvalue weighted by atomic mass is 9.88. The van der Waals surface area contributed by atoms with Gasteiger partial charge in [0.1, 0.15) is 0 Å². The first-order chi connectivity index (χ1) is 8.33. The summed E-state index contributed by atoms with van der Waals surface area (Å²) in [5, 5.41) is 3.65. The Morgan fingerprint density at radius 2 is 1.67 bits per heavy atom. The van der Waals surface area contributed by atoms with Gasteiger partial charge in [0.2, 0.25) is 5.91 Å². The molecule has 2 bridgehead atoms. The second-order valence-electron chi connectivity index (χ2n) is 6.05. The molecule has 1 N–H and O–H groups in total. The number of rotatable bonds is 1. The zero-order valence-corrected chi connectivity index (χ0v) is 11.9. The standard InChI is InChI=1S/C14H24N2O.ClH/c17-14(11-4-2-1-3-5-11)16-9-8-12-6-7-13(10-16)15-12;/h11-13,15H,1-10H2;1H. The van der Waals surface area contributed by atoms with Crippen molar-refractivity contribution in [2.24, 2.45) is 5.92 Å². The molecule has 3 fully saturated rings. The summed E-state index contributed by atoms with van der Waals surface area (Å²) in [5.41, 5.74) is 0. The Morgan fingerprint density at radius 1 is 0.944 bits per heavy atom. The number of nitrogens with zero attached hydrogens (tertiary/aromatic N) is 1. The van der Waals surface area contributed by atoms with Crippen molar-refractivity contribution in [1.29, 1.82) is 0 Å². The minimum absolute atomic E-state index is 0. The first-order valence-corrected chi connectivity index (χ1v) is 7.38. The average molecular weight is 273 g/mol. The minimum atomic E-state index is 0. The number of halogens is 1. The Balaban J connectivity index is 0.00000120. The van der Waals surface area contributed by atoms with Crippen LogP contribution in [0.15, 0.2) is 0 Å². The first kappa shape index (κ1) is 14.1. The van der Waals surface area contributed by atoms with Crippen molar-refractivity contribution < 1.29 is 4.79 Å². The van der Waals surface area contributed by atoms with E-state index in [4.69, 9.17) is 0 Å². The number of carbonyl (C=O) groups excluding carboxylic acids is 1. The second-order valence-corrected chi connectivity index (χ2v) is 6.05. The third-order valence-corrected chi connectivity index (χ3v) is 4.79. The number of amides is 1. The van der Waals surface area contributed by atoms with Crippen LogP contribution in [0, 0.1) is 5.92 Å². The SMILES string of the molecule is Cl.O=C(C1CCCCC1)N1CCC2CCC(C1)N2. The van der Waals surface area contributed by atoms with Crippen molar-refractivity contribution in [3.8, 4) is 0 Å². The fourth-order valence-electron chi connectivity index (χ4n) is 3.75. The van der Waals surface area contributed by atoms with Crippen LogP contribution in [0.3, 0.4) is 0 Å². The molecule has 1 aliphatic carbocycles. The highest BCUT2D eigenvalue weighted by molar-refractivity contribution is 5.85. The van der Waals surface area contributed by atoms with E-state index in [1.807, 2.05) is 0 Å². The molecular formula is C14H25ClN2O. The van der Waals surface area contributed by atoms with Crippen molar-refractivity contribution in [1.82, 2.24) is 10.2 Å². The van der Waals surface area contributed by atoms with E-state index in [0.717, 1.165) is 32.4 Å². The first-order valence-electron chi connectivity index (χ1n) is 7.38. The molecular weight excluding hydrogens is 248 g/mol. The van der Waals surface area contributed by atoms with Crippen molar-refractivity contribution in [3.63, 3.8) is 0 Å². The molecule has 1 saturated carbocycles. The van der Waals surface area contributed by atoms with Gasteiger partial charge in [-0.1, -0.05) is 19.3 Å². The molecule has 0 radical (unpaired) electrons. The van der Waals surface area contributed by atoms with Crippen molar-refractivity contribution in [2.45, 2.75) is 63.5 Å². The Bertz CT molecular complexity index is 292. The van der Waals surface area contributed by atoms with E-state index in [-0.39, 0.29) is 12.4 Å². The summed E-state index contributed by atoms with van der Waals surface area (Å²) in [6, 6.07) is 1.26. The van der Waals surface area contributed by atoms with Gasteiger partial charge >= 0.3 is 0 Å². The van der Waals surface area contributed by atoms with Gasteiger partial charge in [0.05, 0.1) is 0 Å². The maximum absolute atomic E-state index is 12.5. The van der Waals surface area contributed by atoms with Crippen LogP contribution in [0.5, 0.6) is 0 Å². The quantitative estimate of drug-likeness (QED) is 0.795. The number of likely N-dealkylation sites (tertiary alicyclic amines) is 1. The van der Waals surface area contributed by atoms with E-state index in [1.165, 1.54) is 32.1 Å². The zero-order chi connectivity index (χ0) is 11.7. The van der Waals surface area contributed by atoms with Gasteiger partial charge < -0.3 is 10.2 Å². The molecule has 104 valence electrons. The molecule has 2 heterocycles. The Labute approximate surface area is 116 Å². The average Bonchev–Trinajstić information content (AvgIpc) is 2.69. The highest BCUT2D eigenvalue weighted by atomic mass is 35.5. The normalized spacial score (nSPS) is 32.8. The maximum atomic E-state index is 12.5. The molecule has 3 aliphatic rings. The van der Waals surface area contributed by atoms with E-state index in [1.54, 1.807) is 0 Å². The number of hydrogen-bond donors (Lipinski definition) is 1. The molecule has 2 atom stereocenters. The van der Waals surface area contributed by atoms with Gasteiger partial charge in [-0.25, -0.2) is 0 Å². The monoisotopic (exact) mass is 272 g/mol. The van der Waals surface area contributed by atoms with E-state index >= 15 is 0 Å². The summed E-state index contributed by atoms with van der Waals surface area (Å²) < 4.78 is 0. The molecule has 3 rings (SSSR count). The van der Waals surface area contributed by atoms with Crippen LogP contribution in [0.2, 0.25) is 0 Å². The third-order valence-electron chi connectivity index (χ3n) is 4.79. The molecule has 0 spiro atoms. The zero-order valence-electron chi connectivity index (χ0n) is 11.1. The Kier molecular flexibility index (Phi) is 4.91. The van der Waals surface area contributed by atoms with Gasteiger partial charge in [0, 0.05) is 31.1 Å². The lowest BCUT2D eigenvalue weighted by Crippen LogP contribution is -2.42. The smallest absolute Gasteiger partial charge is 0.225 e. The summed E-state index contributed by atoms with van der Waals surface area (Å²) in [7, 11) is 0. The van der Waals surface area contributed by atoms with Gasteiger partial charge in [0.15, 0.2) is 0 Å². The number of nitrogens with one attached hydrogen (secondary N) is 1. The summed E-state index contributed by atoms with van der Waals surface area (Å²) in [5.74, 6) is 0.805. The third kappa shape index (κ3) is 3.00. The van der Waals surface area contributed by atoms with Crippen molar-refractivity contribution in [2.75, 3.05) is 13.1 Å². The summed E-state index contributed by atoms with van der Waals surface area (Å²) >= 11 is 0. The van der Waals surface area contributed by atoms with Crippen LogP contribution in [0.25, 0.3) is 0 Å². The number of hydrogen-bond acceptors (Lipinski definition) is 2. The fraction of sp³-hybridized carbons (Fsp3) is 0.929. The van der Waals surface area contributed by atoms with E-state index in [9.17, 15) is 4.79 Å². The van der Waals surface area contributed by atoms with Gasteiger partial charge in [-0.05, 0) is 32.1 Å². The van der Waals surface area contributed by atoms with E-state index in [0.29, 0.717) is 23.9 Å². The maximum Gasteiger partial charge on any atom is 0.225 e. The van der Waals surface area contributed by atoms with Crippen LogP contribution < -0.4 is 5.32 Å². The number of fused-ring (bicyclic) bond motifs is 2. The molecule has 0 aromatic rings. The van der Waals surface area contributed by atoms with Crippen LogP contribution in [-0.2, 0) is 4.79 Å². The van der Waals surface area contributed by atoms with Gasteiger partial charge in [0.25, 0.3) is 0 Å². The van der Waals surface area contributed by atoms with Crippen molar-refractivity contribution in [3.05, 3.63) is 0 Å². The molecule has 18 heavy (non-hydrogen) atoms. The summed E-state index contributed by atoms with van der Waals surface area (Å²) in [6.07, 6.45) is 9.86. The molecule has 2 aliphatic heterocycles. The molecule has 2 saturated heterocycles. The lowest BCUT2D eigenvalue weighted by molar-refractivity contribution is -0.136. The largest absolute Gasteiger partial charge is 0.341 e. The molecule has 1 amide bonds. The highest BCUT2D eigenvalue weighted by Gasteiger charge is 2.33. The lowest BCUT2D eigenvalue weighted by Gasteiger charge is -2.30. The minimum Gasteiger partial charge on any atom is -0.341 e. The highest BCUT2D eigenvalue weighted by Crippen LogP contribution is 2.27. The molecule has 2 unspecified atom stereocenters. The fourth-order valence-corrected chi connectivity index (χ4v) is 3.75. The van der Waals surface area contributed by atoms with E-state index < -0.39 is 0 Å². The molecule has 4 heteroatoms. The second kappa shape index (κ2) is 6.25. The van der Waals surface area contributed by atoms with E-state index in [2.05, 4.69) is 10.2 Å². The van der Waals surface area contributed by atoms with Gasteiger partial charge in [-0.2, -0.15) is 0 Å². The van der Waals surface area contributed by atoms with Gasteiger partial charge in [-0.15, -0.1) is 12.4 Å². The molecule has 0 aromatic heterocycles. The predicted octanol–water partition coefficient (Wildman–Crippen LogP) is 2.34. The summed E-state index contributed by atoms with van der Waals surface area (Å²) in [6.45, 7) is 1.95. The van der Waals surface area contributed by atoms with Crippen LogP contribution >= 0.6 is 12.4 Å². The summed E-state index contributed by atoms with van der Waals surface area (Å²) in [4.78, 5) is 14.6. The Morgan fingerprint density at radius 3 is 2.44 bits per heavy atom. The topological polar surface area (TPSA) is 32.3 Å². The van der Waals surface area contributed by atoms with Gasteiger partial charge in [-0.3, -0.25) is 4.79 Å². The van der Waals surface area contributed by atoms with Crippen LogP contribution in [0.1, 0.15) is 51.4 Å².